The third-order valence-corrected chi connectivity index (χ3v) is 6.49. The van der Waals surface area contributed by atoms with Gasteiger partial charge in [-0.15, -0.1) is 0 Å². The van der Waals surface area contributed by atoms with E-state index in [4.69, 9.17) is 9.72 Å². The Kier molecular flexibility index (Phi) is 6.61. The molecule has 3 N–H and O–H groups in total. The van der Waals surface area contributed by atoms with Crippen LogP contribution in [0.2, 0.25) is 0 Å². The first kappa shape index (κ1) is 23.4. The Hall–Kier alpha value is -3.77. The fourth-order valence-electron chi connectivity index (χ4n) is 3.36. The summed E-state index contributed by atoms with van der Waals surface area (Å²) >= 11 is 0. The zero-order valence-corrected chi connectivity index (χ0v) is 20.1. The quantitative estimate of drug-likeness (QED) is 0.328. The minimum absolute atomic E-state index is 0.0438. The number of benzene rings is 1. The number of fused-ring (bicyclic) bond motifs is 1. The molecule has 0 aliphatic heterocycles. The maximum absolute atomic E-state index is 12.8. The van der Waals surface area contributed by atoms with Crippen LogP contribution in [0.15, 0.2) is 47.6 Å². The number of methoxy groups -OCH3 is 1. The molecule has 0 aliphatic rings. The van der Waals surface area contributed by atoms with E-state index in [1.165, 1.54) is 25.6 Å². The molecule has 0 amide bonds. The van der Waals surface area contributed by atoms with Crippen molar-refractivity contribution in [2.75, 3.05) is 44.3 Å². The van der Waals surface area contributed by atoms with Gasteiger partial charge in [0.1, 0.15) is 16.5 Å². The Morgan fingerprint density at radius 3 is 2.59 bits per heavy atom. The van der Waals surface area contributed by atoms with E-state index < -0.39 is 10.0 Å². The van der Waals surface area contributed by atoms with E-state index in [-0.39, 0.29) is 10.6 Å². The summed E-state index contributed by atoms with van der Waals surface area (Å²) in [5.41, 5.74) is 2.54. The molecule has 0 atom stereocenters. The van der Waals surface area contributed by atoms with E-state index in [2.05, 4.69) is 35.1 Å². The van der Waals surface area contributed by atoms with Gasteiger partial charge in [0.05, 0.1) is 18.7 Å². The molecule has 0 fully saturated rings. The number of sulfonamides is 1. The maximum atomic E-state index is 12.8. The average molecular weight is 483 g/mol. The fraction of sp³-hybridized carbons (Fsp3) is 0.273. The molecule has 0 unspecified atom stereocenters. The highest BCUT2D eigenvalue weighted by molar-refractivity contribution is 7.92. The van der Waals surface area contributed by atoms with Gasteiger partial charge in [0.25, 0.3) is 10.0 Å². The molecule has 34 heavy (non-hydrogen) atoms. The number of aromatic amines is 1. The number of rotatable bonds is 9. The lowest BCUT2D eigenvalue weighted by Gasteiger charge is -2.13. The molecule has 0 radical (unpaired) electrons. The number of H-pyrrole nitrogens is 1. The van der Waals surface area contributed by atoms with Gasteiger partial charge in [-0.2, -0.15) is 5.10 Å². The summed E-state index contributed by atoms with van der Waals surface area (Å²) in [6.45, 7) is 3.48. The number of nitrogens with zero attached hydrogens (tertiary/aromatic N) is 5. The monoisotopic (exact) mass is 482 g/mol. The van der Waals surface area contributed by atoms with Crippen LogP contribution in [0.5, 0.6) is 5.75 Å². The summed E-state index contributed by atoms with van der Waals surface area (Å²) in [5.74, 6) is 1.39. The number of likely N-dealkylation sites (N-methyl/N-ethyl adjacent to an activating group) is 1. The summed E-state index contributed by atoms with van der Waals surface area (Å²) < 4.78 is 33.3. The number of nitrogens with one attached hydrogen (secondary N) is 3. The van der Waals surface area contributed by atoms with Gasteiger partial charge >= 0.3 is 0 Å². The standard InChI is InChI=1S/C22H26N8O3S/c1-14-19-21(24-11-12-30(2)3)25-20(26-22(19)28-27-14)15-5-7-16(8-6-15)29-34(31,32)18-13-23-10-9-17(18)33-4/h5-10,13,29H,11-12H2,1-4H3,(H2,24,25,26,27,28). The molecule has 11 nitrogen and oxygen atoms in total. The van der Waals surface area contributed by atoms with Gasteiger partial charge in [0, 0.05) is 36.2 Å². The zero-order valence-electron chi connectivity index (χ0n) is 19.3. The van der Waals surface area contributed by atoms with Crippen LogP contribution in [0.25, 0.3) is 22.4 Å². The normalized spacial score (nSPS) is 11.7. The number of ether oxygens (including phenoxy) is 1. The Morgan fingerprint density at radius 2 is 1.88 bits per heavy atom. The van der Waals surface area contributed by atoms with Crippen molar-refractivity contribution in [2.24, 2.45) is 0 Å². The minimum atomic E-state index is -3.88. The van der Waals surface area contributed by atoms with Crippen LogP contribution in [0.3, 0.4) is 0 Å². The van der Waals surface area contributed by atoms with E-state index in [1.54, 1.807) is 24.3 Å². The summed E-state index contributed by atoms with van der Waals surface area (Å²) in [7, 11) is 1.54. The third-order valence-electron chi connectivity index (χ3n) is 5.10. The highest BCUT2D eigenvalue weighted by Crippen LogP contribution is 2.28. The van der Waals surface area contributed by atoms with Crippen LogP contribution in [0.4, 0.5) is 11.5 Å². The topological polar surface area (TPSA) is 138 Å². The molecule has 0 aliphatic carbocycles. The van der Waals surface area contributed by atoms with E-state index in [0.29, 0.717) is 29.5 Å². The lowest BCUT2D eigenvalue weighted by molar-refractivity contribution is 0.402. The van der Waals surface area contributed by atoms with Gasteiger partial charge < -0.3 is 15.0 Å². The number of anilines is 2. The van der Waals surface area contributed by atoms with Crippen LogP contribution in [0, 0.1) is 6.92 Å². The maximum Gasteiger partial charge on any atom is 0.267 e. The fourth-order valence-corrected chi connectivity index (χ4v) is 4.53. The minimum Gasteiger partial charge on any atom is -0.495 e. The molecule has 0 bridgehead atoms. The Morgan fingerprint density at radius 1 is 1.12 bits per heavy atom. The lowest BCUT2D eigenvalue weighted by Crippen LogP contribution is -2.21. The van der Waals surface area contributed by atoms with Gasteiger partial charge in [0.2, 0.25) is 0 Å². The van der Waals surface area contributed by atoms with Crippen molar-refractivity contribution < 1.29 is 13.2 Å². The van der Waals surface area contributed by atoms with E-state index in [1.807, 2.05) is 21.0 Å². The van der Waals surface area contributed by atoms with Crippen LogP contribution < -0.4 is 14.8 Å². The summed E-state index contributed by atoms with van der Waals surface area (Å²) in [6, 6.07) is 8.30. The van der Waals surface area contributed by atoms with E-state index in [9.17, 15) is 8.42 Å². The van der Waals surface area contributed by atoms with Crippen molar-refractivity contribution in [3.05, 3.63) is 48.4 Å². The molecule has 0 saturated carbocycles. The van der Waals surface area contributed by atoms with E-state index >= 15 is 0 Å². The second-order valence-corrected chi connectivity index (χ2v) is 9.53. The van der Waals surface area contributed by atoms with E-state index in [0.717, 1.165) is 23.2 Å². The second-order valence-electron chi connectivity index (χ2n) is 7.88. The molecule has 1 aromatic carbocycles. The summed E-state index contributed by atoms with van der Waals surface area (Å²) in [6.07, 6.45) is 2.71. The predicted molar refractivity (Wildman–Crippen MR) is 130 cm³/mol. The van der Waals surface area contributed by atoms with Crippen LogP contribution >= 0.6 is 0 Å². The van der Waals surface area contributed by atoms with Crippen molar-refractivity contribution in [3.8, 4) is 17.1 Å². The average Bonchev–Trinajstić information content (AvgIpc) is 3.20. The number of aryl methyl sites for hydroxylation is 1. The van der Waals surface area contributed by atoms with Gasteiger partial charge in [-0.25, -0.2) is 18.4 Å². The number of aromatic nitrogens is 5. The SMILES string of the molecule is COc1ccncc1S(=O)(=O)Nc1ccc(-c2nc(NCCN(C)C)c3c(C)[nH]nc3n2)cc1. The molecule has 4 rings (SSSR count). The molecule has 0 saturated heterocycles. The first-order valence-corrected chi connectivity index (χ1v) is 12.0. The number of hydrogen-bond donors (Lipinski definition) is 3. The molecule has 4 aromatic rings. The molecule has 3 aromatic heterocycles. The number of hydrogen-bond acceptors (Lipinski definition) is 9. The Labute approximate surface area is 197 Å². The first-order valence-electron chi connectivity index (χ1n) is 10.5. The molecule has 0 spiro atoms. The molecule has 3 heterocycles. The molecule has 12 heteroatoms. The van der Waals surface area contributed by atoms with Crippen LogP contribution in [-0.4, -0.2) is 72.8 Å². The highest BCUT2D eigenvalue weighted by atomic mass is 32.2. The smallest absolute Gasteiger partial charge is 0.267 e. The van der Waals surface area contributed by atoms with Gasteiger partial charge in [-0.1, -0.05) is 0 Å². The van der Waals surface area contributed by atoms with Crippen molar-refractivity contribution >= 4 is 32.6 Å². The predicted octanol–water partition coefficient (Wildman–Crippen LogP) is 2.51. The highest BCUT2D eigenvalue weighted by Gasteiger charge is 2.20. The molecular weight excluding hydrogens is 456 g/mol. The van der Waals surface area contributed by atoms with Gasteiger partial charge in [-0.3, -0.25) is 14.8 Å². The third kappa shape index (κ3) is 4.92. The van der Waals surface area contributed by atoms with Crippen molar-refractivity contribution in [3.63, 3.8) is 0 Å². The molecular formula is C22H26N8O3S. The van der Waals surface area contributed by atoms with Gasteiger partial charge in [0.15, 0.2) is 11.5 Å². The van der Waals surface area contributed by atoms with Crippen LogP contribution in [-0.2, 0) is 10.0 Å². The van der Waals surface area contributed by atoms with Crippen LogP contribution in [0.1, 0.15) is 5.69 Å². The largest absolute Gasteiger partial charge is 0.495 e. The van der Waals surface area contributed by atoms with Crippen molar-refractivity contribution in [1.29, 1.82) is 0 Å². The van der Waals surface area contributed by atoms with Gasteiger partial charge in [-0.05, 0) is 51.4 Å². The second kappa shape index (κ2) is 9.61. The zero-order chi connectivity index (χ0) is 24.3. The number of pyridine rings is 1. The Bertz CT molecular complexity index is 1400. The van der Waals surface area contributed by atoms with Crippen molar-refractivity contribution in [1.82, 2.24) is 30.0 Å². The summed E-state index contributed by atoms with van der Waals surface area (Å²) in [5, 5.41) is 11.5. The Balaban J connectivity index is 1.61. The molecule has 178 valence electrons. The first-order chi connectivity index (χ1) is 16.3. The lowest BCUT2D eigenvalue weighted by atomic mass is 10.2. The summed E-state index contributed by atoms with van der Waals surface area (Å²) in [4.78, 5) is 15.2. The van der Waals surface area contributed by atoms with Crippen molar-refractivity contribution in [2.45, 2.75) is 11.8 Å².